The molecule has 0 saturated carbocycles. The Morgan fingerprint density at radius 2 is 1.59 bits per heavy atom. The number of carbonyl (C=O) groups is 2. The maximum Gasteiger partial charge on any atom is 0.335 e. The lowest BCUT2D eigenvalue weighted by molar-refractivity contribution is -0.139. The Kier molecular flexibility index (Phi) is 3.55. The fourth-order valence-electron chi connectivity index (χ4n) is 2.28. The molecule has 0 aromatic heterocycles. The van der Waals surface area contributed by atoms with Crippen molar-refractivity contribution in [2.45, 2.75) is 11.3 Å². The van der Waals surface area contributed by atoms with E-state index in [9.17, 15) is 9.59 Å². The summed E-state index contributed by atoms with van der Waals surface area (Å²) < 4.78 is 9.47. The molecule has 2 aliphatic rings. The van der Waals surface area contributed by atoms with E-state index in [4.69, 9.17) is 21.1 Å². The van der Waals surface area contributed by atoms with E-state index in [1.807, 2.05) is 12.2 Å². The van der Waals surface area contributed by atoms with E-state index in [0.29, 0.717) is 16.8 Å². The quantitative estimate of drug-likeness (QED) is 0.340. The van der Waals surface area contributed by atoms with E-state index in [2.05, 4.69) is 0 Å². The zero-order chi connectivity index (χ0) is 12.6. The predicted octanol–water partition coefficient (Wildman–Crippen LogP) is 1.63. The van der Waals surface area contributed by atoms with E-state index in [0.717, 1.165) is 0 Å². The van der Waals surface area contributed by atoms with E-state index in [1.54, 1.807) is 0 Å². The number of esters is 2. The summed E-state index contributed by atoms with van der Waals surface area (Å²) in [6.07, 6.45) is 3.88. The second-order valence-corrected chi connectivity index (χ2v) is 6.82. The van der Waals surface area contributed by atoms with Crippen LogP contribution in [0.5, 0.6) is 0 Å². The first-order valence-electron chi connectivity index (χ1n) is 5.06. The molecule has 2 unspecified atom stereocenters. The van der Waals surface area contributed by atoms with Crippen LogP contribution in [0.15, 0.2) is 23.3 Å². The molecular weight excluding hydrogens is 263 g/mol. The molecule has 4 nitrogen and oxygen atoms in total. The highest BCUT2D eigenvalue weighted by atomic mass is 35.5. The number of fused-ring (bicyclic) bond motifs is 2. The van der Waals surface area contributed by atoms with Crippen molar-refractivity contribution in [2.24, 2.45) is 0 Å². The Labute approximate surface area is 105 Å². The number of hydrogen-bond donors (Lipinski definition) is 0. The molecule has 0 aromatic rings. The van der Waals surface area contributed by atoms with Gasteiger partial charge >= 0.3 is 11.9 Å². The lowest BCUT2D eigenvalue weighted by atomic mass is 9.97. The Morgan fingerprint density at radius 3 is 1.88 bits per heavy atom. The first kappa shape index (κ1) is 12.6. The smallest absolute Gasteiger partial charge is 0.335 e. The second-order valence-electron chi connectivity index (χ2n) is 3.72. The molecule has 2 heterocycles. The van der Waals surface area contributed by atoms with Crippen LogP contribution < -0.4 is 0 Å². The van der Waals surface area contributed by atoms with Crippen LogP contribution >= 0.6 is 19.5 Å². The van der Waals surface area contributed by atoms with Gasteiger partial charge in [0.1, 0.15) is 0 Å². The predicted molar refractivity (Wildman–Crippen MR) is 65.4 cm³/mol. The van der Waals surface area contributed by atoms with Gasteiger partial charge in [0.25, 0.3) is 0 Å². The SMILES string of the molecule is COC(=O)C1=C(C(=O)OC)C2C=CC1P2CCl. The van der Waals surface area contributed by atoms with Crippen LogP contribution in [-0.2, 0) is 19.1 Å². The van der Waals surface area contributed by atoms with Crippen molar-refractivity contribution in [3.63, 3.8) is 0 Å². The molecule has 2 rings (SSSR count). The van der Waals surface area contributed by atoms with E-state index >= 15 is 0 Å². The number of hydrogen-bond acceptors (Lipinski definition) is 4. The molecule has 6 heteroatoms. The Morgan fingerprint density at radius 1 is 1.18 bits per heavy atom. The molecule has 2 aliphatic heterocycles. The van der Waals surface area contributed by atoms with Crippen LogP contribution in [0.2, 0.25) is 0 Å². The molecule has 0 N–H and O–H groups in total. The van der Waals surface area contributed by atoms with Gasteiger partial charge in [-0.15, -0.1) is 11.6 Å². The molecule has 0 aromatic carbocycles. The Balaban J connectivity index is 2.44. The number of allylic oxidation sites excluding steroid dienone is 2. The molecule has 0 aliphatic carbocycles. The van der Waals surface area contributed by atoms with Gasteiger partial charge in [-0.3, -0.25) is 0 Å². The van der Waals surface area contributed by atoms with Crippen molar-refractivity contribution < 1.29 is 19.1 Å². The Hall–Kier alpha value is -0.860. The van der Waals surface area contributed by atoms with Gasteiger partial charge in [0.15, 0.2) is 0 Å². The average Bonchev–Trinajstić information content (AvgIpc) is 2.90. The van der Waals surface area contributed by atoms with Gasteiger partial charge in [-0.2, -0.15) is 0 Å². The maximum atomic E-state index is 11.7. The molecule has 2 bridgehead atoms. The number of rotatable bonds is 3. The number of carbonyl (C=O) groups excluding carboxylic acids is 2. The number of alkyl halides is 1. The monoisotopic (exact) mass is 274 g/mol. The zero-order valence-corrected chi connectivity index (χ0v) is 11.1. The first-order valence-corrected chi connectivity index (χ1v) is 7.26. The molecule has 92 valence electrons. The normalized spacial score (nSPS) is 29.7. The van der Waals surface area contributed by atoms with Crippen molar-refractivity contribution in [3.05, 3.63) is 23.3 Å². The van der Waals surface area contributed by atoms with Gasteiger partial charge < -0.3 is 9.47 Å². The standard InChI is InChI=1S/C11H12ClO4P/c1-15-10(13)8-6-3-4-7(17(6)5-12)9(8)11(14)16-2/h3-4,6-7H,5H2,1-2H3. The van der Waals surface area contributed by atoms with Gasteiger partial charge in [0, 0.05) is 16.9 Å². The highest BCUT2D eigenvalue weighted by Gasteiger charge is 2.49. The van der Waals surface area contributed by atoms with Crippen LogP contribution in [0.4, 0.5) is 0 Å². The van der Waals surface area contributed by atoms with E-state index in [1.165, 1.54) is 14.2 Å². The highest BCUT2D eigenvalue weighted by molar-refractivity contribution is 7.62. The minimum atomic E-state index is -0.631. The van der Waals surface area contributed by atoms with Crippen molar-refractivity contribution in [3.8, 4) is 0 Å². The summed E-state index contributed by atoms with van der Waals surface area (Å²) in [5.41, 5.74) is 1.19. The molecule has 0 fully saturated rings. The summed E-state index contributed by atoms with van der Waals surface area (Å²) in [5.74, 6) is -0.917. The van der Waals surface area contributed by atoms with Crippen LogP contribution in [0.25, 0.3) is 0 Å². The van der Waals surface area contributed by atoms with Gasteiger partial charge in [0.2, 0.25) is 0 Å². The molecule has 0 radical (unpaired) electrons. The third kappa shape index (κ3) is 1.80. The molecule has 17 heavy (non-hydrogen) atoms. The van der Waals surface area contributed by atoms with Crippen molar-refractivity contribution in [1.82, 2.24) is 0 Å². The van der Waals surface area contributed by atoms with Crippen molar-refractivity contribution in [1.29, 1.82) is 0 Å². The lowest BCUT2D eigenvalue weighted by Gasteiger charge is -2.14. The number of methoxy groups -OCH3 is 2. The third-order valence-corrected chi connectivity index (χ3v) is 6.41. The van der Waals surface area contributed by atoms with Gasteiger partial charge in [-0.25, -0.2) is 9.59 Å². The fourth-order valence-corrected chi connectivity index (χ4v) is 5.61. The third-order valence-electron chi connectivity index (χ3n) is 3.02. The van der Waals surface area contributed by atoms with Crippen LogP contribution in [0.1, 0.15) is 0 Å². The van der Waals surface area contributed by atoms with Crippen molar-refractivity contribution >= 4 is 31.5 Å². The summed E-state index contributed by atoms with van der Waals surface area (Å²) in [5, 5.41) is 0. The van der Waals surface area contributed by atoms with Gasteiger partial charge in [0.05, 0.1) is 25.4 Å². The Bertz CT molecular complexity index is 393. The highest BCUT2D eigenvalue weighted by Crippen LogP contribution is 2.63. The molecular formula is C11H12ClO4P. The van der Waals surface area contributed by atoms with Gasteiger partial charge in [-0.1, -0.05) is 20.1 Å². The number of ether oxygens (including phenoxy) is 2. The van der Waals surface area contributed by atoms with E-state index < -0.39 is 19.9 Å². The molecule has 2 atom stereocenters. The fraction of sp³-hybridized carbons (Fsp3) is 0.455. The minimum Gasteiger partial charge on any atom is -0.466 e. The average molecular weight is 275 g/mol. The molecule has 0 amide bonds. The van der Waals surface area contributed by atoms with Gasteiger partial charge in [-0.05, 0) is 0 Å². The lowest BCUT2D eigenvalue weighted by Crippen LogP contribution is -2.20. The minimum absolute atomic E-state index is 0.0611. The first-order chi connectivity index (χ1) is 8.15. The number of halogens is 1. The van der Waals surface area contributed by atoms with Crippen LogP contribution in [0.3, 0.4) is 0 Å². The van der Waals surface area contributed by atoms with Crippen molar-refractivity contribution in [2.75, 3.05) is 19.8 Å². The summed E-state index contributed by atoms with van der Waals surface area (Å²) in [6.45, 7) is 0. The summed E-state index contributed by atoms with van der Waals surface area (Å²) in [4.78, 5) is 23.5. The van der Waals surface area contributed by atoms with E-state index in [-0.39, 0.29) is 11.3 Å². The summed E-state index contributed by atoms with van der Waals surface area (Å²) in [7, 11) is 1.99. The van der Waals surface area contributed by atoms with Crippen LogP contribution in [0, 0.1) is 0 Å². The summed E-state index contributed by atoms with van der Waals surface area (Å²) in [6, 6.07) is 0. The zero-order valence-electron chi connectivity index (χ0n) is 9.47. The van der Waals surface area contributed by atoms with Crippen LogP contribution in [-0.4, -0.2) is 43.1 Å². The second kappa shape index (κ2) is 4.79. The summed E-state index contributed by atoms with van der Waals surface area (Å²) >= 11 is 5.92. The molecule has 0 saturated heterocycles. The topological polar surface area (TPSA) is 52.6 Å². The largest absolute Gasteiger partial charge is 0.466 e. The molecule has 0 spiro atoms. The maximum absolute atomic E-state index is 11.7.